The molecule has 2 aromatic rings. The molecule has 2 N–H and O–H groups in total. The minimum Gasteiger partial charge on any atom is -0.357 e. The number of nitrogens with zero attached hydrogens (tertiary/aromatic N) is 5. The van der Waals surface area contributed by atoms with Gasteiger partial charge in [-0.2, -0.15) is 20.1 Å². The highest BCUT2D eigenvalue weighted by atomic mass is 15.4. The van der Waals surface area contributed by atoms with Gasteiger partial charge in [-0.3, -0.25) is 0 Å². The number of hydrogen-bond donors (Lipinski definition) is 2. The largest absolute Gasteiger partial charge is 0.357 e. The van der Waals surface area contributed by atoms with Crippen molar-refractivity contribution in [2.75, 3.05) is 17.7 Å². The van der Waals surface area contributed by atoms with Crippen molar-refractivity contribution in [1.82, 2.24) is 24.7 Å². The lowest BCUT2D eigenvalue weighted by molar-refractivity contribution is 0.360. The zero-order chi connectivity index (χ0) is 14.7. The van der Waals surface area contributed by atoms with Crippen LogP contribution in [0.15, 0.2) is 18.5 Å². The van der Waals surface area contributed by atoms with Crippen molar-refractivity contribution in [3.05, 3.63) is 18.5 Å². The Labute approximate surface area is 124 Å². The van der Waals surface area contributed by atoms with Crippen molar-refractivity contribution in [1.29, 1.82) is 0 Å². The third-order valence-electron chi connectivity index (χ3n) is 3.91. The van der Waals surface area contributed by atoms with E-state index in [-0.39, 0.29) is 0 Å². The number of rotatable bonds is 4. The van der Waals surface area contributed by atoms with Crippen molar-refractivity contribution >= 4 is 11.9 Å². The Balaban J connectivity index is 1.79. The molecule has 112 valence electrons. The van der Waals surface area contributed by atoms with Crippen LogP contribution in [-0.4, -0.2) is 37.8 Å². The van der Waals surface area contributed by atoms with Crippen molar-refractivity contribution in [2.24, 2.45) is 5.92 Å². The van der Waals surface area contributed by atoms with E-state index in [1.165, 1.54) is 25.7 Å². The second kappa shape index (κ2) is 6.07. The standard InChI is InChI=1S/C14H21N7/c1-10-4-6-11(7-5-10)17-13-18-12(15-2)19-14(20-13)21-9-3-8-16-21/h3,8-11H,4-7H2,1-2H3,(H2,15,17,18,19,20). The number of aromatic nitrogens is 5. The van der Waals surface area contributed by atoms with E-state index in [1.54, 1.807) is 17.9 Å². The quantitative estimate of drug-likeness (QED) is 0.896. The predicted molar refractivity (Wildman–Crippen MR) is 81.5 cm³/mol. The van der Waals surface area contributed by atoms with Crippen LogP contribution in [0.2, 0.25) is 0 Å². The predicted octanol–water partition coefficient (Wildman–Crippen LogP) is 2.09. The van der Waals surface area contributed by atoms with Crippen LogP contribution in [0.4, 0.5) is 11.9 Å². The lowest BCUT2D eigenvalue weighted by Gasteiger charge is -2.26. The zero-order valence-electron chi connectivity index (χ0n) is 12.5. The first-order chi connectivity index (χ1) is 10.2. The summed E-state index contributed by atoms with van der Waals surface area (Å²) in [5, 5.41) is 10.6. The third kappa shape index (κ3) is 3.29. The maximum atomic E-state index is 4.46. The monoisotopic (exact) mass is 287 g/mol. The van der Waals surface area contributed by atoms with Gasteiger partial charge in [0.05, 0.1) is 0 Å². The van der Waals surface area contributed by atoms with E-state index in [2.05, 4.69) is 37.6 Å². The van der Waals surface area contributed by atoms with Crippen LogP contribution < -0.4 is 10.6 Å². The van der Waals surface area contributed by atoms with Crippen molar-refractivity contribution < 1.29 is 0 Å². The van der Waals surface area contributed by atoms with Crippen LogP contribution in [0.25, 0.3) is 5.95 Å². The molecule has 1 aliphatic rings. The van der Waals surface area contributed by atoms with E-state index in [0.717, 1.165) is 5.92 Å². The molecule has 7 nitrogen and oxygen atoms in total. The number of hydrogen-bond acceptors (Lipinski definition) is 6. The summed E-state index contributed by atoms with van der Waals surface area (Å²) in [6.07, 6.45) is 8.37. The van der Waals surface area contributed by atoms with Gasteiger partial charge in [0.2, 0.25) is 11.9 Å². The summed E-state index contributed by atoms with van der Waals surface area (Å²) in [7, 11) is 1.80. The van der Waals surface area contributed by atoms with Gasteiger partial charge in [-0.1, -0.05) is 6.92 Å². The Morgan fingerprint density at radius 3 is 2.52 bits per heavy atom. The van der Waals surface area contributed by atoms with Gasteiger partial charge in [-0.15, -0.1) is 0 Å². The lowest BCUT2D eigenvalue weighted by atomic mass is 9.87. The van der Waals surface area contributed by atoms with Crippen LogP contribution in [0.5, 0.6) is 0 Å². The Morgan fingerprint density at radius 2 is 1.86 bits per heavy atom. The Bertz CT molecular complexity index is 573. The summed E-state index contributed by atoms with van der Waals surface area (Å²) in [5.74, 6) is 2.50. The first-order valence-corrected chi connectivity index (χ1v) is 7.45. The fraction of sp³-hybridized carbons (Fsp3) is 0.571. The topological polar surface area (TPSA) is 80.5 Å². The van der Waals surface area contributed by atoms with Crippen molar-refractivity contribution in [3.8, 4) is 5.95 Å². The first kappa shape index (κ1) is 13.8. The molecular weight excluding hydrogens is 266 g/mol. The fourth-order valence-corrected chi connectivity index (χ4v) is 2.62. The smallest absolute Gasteiger partial charge is 0.257 e. The molecule has 1 fully saturated rings. The van der Waals surface area contributed by atoms with Crippen LogP contribution in [0, 0.1) is 5.92 Å². The molecule has 0 saturated heterocycles. The molecule has 0 amide bonds. The first-order valence-electron chi connectivity index (χ1n) is 7.45. The zero-order valence-corrected chi connectivity index (χ0v) is 12.5. The molecule has 3 rings (SSSR count). The summed E-state index contributed by atoms with van der Waals surface area (Å²) >= 11 is 0. The van der Waals surface area contributed by atoms with E-state index in [4.69, 9.17) is 0 Å². The molecule has 0 aliphatic heterocycles. The van der Waals surface area contributed by atoms with Crippen LogP contribution >= 0.6 is 0 Å². The van der Waals surface area contributed by atoms with E-state index < -0.39 is 0 Å². The SMILES string of the molecule is CNc1nc(NC2CCC(C)CC2)nc(-n2cccn2)n1. The Hall–Kier alpha value is -2.18. The molecule has 0 bridgehead atoms. The summed E-state index contributed by atoms with van der Waals surface area (Å²) in [6, 6.07) is 2.29. The highest BCUT2D eigenvalue weighted by molar-refractivity contribution is 5.38. The van der Waals surface area contributed by atoms with Gasteiger partial charge in [0.25, 0.3) is 5.95 Å². The van der Waals surface area contributed by atoms with Crippen LogP contribution in [0.1, 0.15) is 32.6 Å². The van der Waals surface area contributed by atoms with Crippen LogP contribution in [-0.2, 0) is 0 Å². The minimum absolute atomic E-state index is 0.443. The van der Waals surface area contributed by atoms with E-state index in [1.807, 2.05) is 12.3 Å². The minimum atomic E-state index is 0.443. The molecule has 1 aliphatic carbocycles. The molecule has 2 heterocycles. The number of anilines is 2. The van der Waals surface area contributed by atoms with Crippen molar-refractivity contribution in [3.63, 3.8) is 0 Å². The van der Waals surface area contributed by atoms with E-state index >= 15 is 0 Å². The van der Waals surface area contributed by atoms with Gasteiger partial charge >= 0.3 is 0 Å². The summed E-state index contributed by atoms with van der Waals surface area (Å²) in [4.78, 5) is 13.2. The van der Waals surface area contributed by atoms with Gasteiger partial charge in [0.1, 0.15) is 0 Å². The molecule has 21 heavy (non-hydrogen) atoms. The highest BCUT2D eigenvalue weighted by Gasteiger charge is 2.19. The normalized spacial score (nSPS) is 22.0. The molecule has 0 radical (unpaired) electrons. The molecular formula is C14H21N7. The molecule has 7 heteroatoms. The maximum Gasteiger partial charge on any atom is 0.257 e. The van der Waals surface area contributed by atoms with E-state index in [9.17, 15) is 0 Å². The molecule has 2 aromatic heterocycles. The Morgan fingerprint density at radius 1 is 1.10 bits per heavy atom. The maximum absolute atomic E-state index is 4.46. The van der Waals surface area contributed by atoms with Crippen molar-refractivity contribution in [2.45, 2.75) is 38.6 Å². The fourth-order valence-electron chi connectivity index (χ4n) is 2.62. The highest BCUT2D eigenvalue weighted by Crippen LogP contribution is 2.25. The summed E-state index contributed by atoms with van der Waals surface area (Å²) < 4.78 is 1.64. The number of nitrogens with one attached hydrogen (secondary N) is 2. The Kier molecular flexibility index (Phi) is 3.98. The molecule has 0 unspecified atom stereocenters. The second-order valence-corrected chi connectivity index (χ2v) is 5.58. The van der Waals surface area contributed by atoms with Gasteiger partial charge in [-0.05, 0) is 37.7 Å². The second-order valence-electron chi connectivity index (χ2n) is 5.58. The van der Waals surface area contributed by atoms with Gasteiger partial charge in [-0.25, -0.2) is 4.68 Å². The van der Waals surface area contributed by atoms with Gasteiger partial charge < -0.3 is 10.6 Å². The molecule has 0 atom stereocenters. The summed E-state index contributed by atoms with van der Waals surface area (Å²) in [5.41, 5.74) is 0. The average Bonchev–Trinajstić information content (AvgIpc) is 3.04. The lowest BCUT2D eigenvalue weighted by Crippen LogP contribution is -2.26. The molecule has 0 spiro atoms. The third-order valence-corrected chi connectivity index (χ3v) is 3.91. The van der Waals surface area contributed by atoms with Crippen LogP contribution in [0.3, 0.4) is 0 Å². The average molecular weight is 287 g/mol. The van der Waals surface area contributed by atoms with E-state index in [0.29, 0.717) is 23.9 Å². The van der Waals surface area contributed by atoms with Gasteiger partial charge in [0.15, 0.2) is 0 Å². The summed E-state index contributed by atoms with van der Waals surface area (Å²) in [6.45, 7) is 2.31. The molecule has 1 saturated carbocycles. The van der Waals surface area contributed by atoms with Gasteiger partial charge in [0, 0.05) is 25.5 Å². The molecule has 0 aromatic carbocycles.